The number of thiophene rings is 1. The molecule has 154 valence electrons. The molecule has 1 aromatic carbocycles. The fourth-order valence-electron chi connectivity index (χ4n) is 3.30. The molecule has 10 heteroatoms. The van der Waals surface area contributed by atoms with E-state index < -0.39 is 0 Å². The van der Waals surface area contributed by atoms with Crippen LogP contribution < -0.4 is 5.32 Å². The first-order chi connectivity index (χ1) is 15.0. The molecule has 0 aliphatic rings. The second kappa shape index (κ2) is 7.71. The lowest BCUT2D eigenvalue weighted by molar-refractivity contribution is 0.102. The van der Waals surface area contributed by atoms with E-state index in [4.69, 9.17) is 4.52 Å². The molecule has 0 bridgehead atoms. The summed E-state index contributed by atoms with van der Waals surface area (Å²) in [5, 5.41) is 11.8. The smallest absolute Gasteiger partial charge is 0.259 e. The van der Waals surface area contributed by atoms with Crippen LogP contribution in [0.3, 0.4) is 0 Å². The summed E-state index contributed by atoms with van der Waals surface area (Å²) in [5.74, 6) is -0.298. The first-order valence-electron chi connectivity index (χ1n) is 9.29. The fraction of sp³-hybridized carbons (Fsp3) is 0.0952. The quantitative estimate of drug-likeness (QED) is 0.370. The van der Waals surface area contributed by atoms with E-state index in [1.807, 2.05) is 37.3 Å². The zero-order chi connectivity index (χ0) is 21.5. The summed E-state index contributed by atoms with van der Waals surface area (Å²) in [6.45, 7) is 3.82. The normalized spacial score (nSPS) is 11.2. The third-order valence-electron chi connectivity index (χ3n) is 4.73. The number of hydrogen-bond acceptors (Lipinski definition) is 7. The van der Waals surface area contributed by atoms with Gasteiger partial charge in [0, 0.05) is 9.35 Å². The van der Waals surface area contributed by atoms with Crippen molar-refractivity contribution in [2.24, 2.45) is 0 Å². The highest BCUT2D eigenvalue weighted by molar-refractivity contribution is 9.10. The standard InChI is InChI=1S/C21H15BrN6O2S/c1-11-3-6-18(31-11)16-8-14(19-12(2)27-30-21(19)26-16)20(29)25-15-7-13(22)4-5-17(15)28-10-23-9-24-28/h3-10H,1-2H3,(H,25,29). The molecule has 8 nitrogen and oxygen atoms in total. The van der Waals surface area contributed by atoms with E-state index >= 15 is 0 Å². The Morgan fingerprint density at radius 3 is 2.81 bits per heavy atom. The van der Waals surface area contributed by atoms with E-state index in [2.05, 4.69) is 41.5 Å². The van der Waals surface area contributed by atoms with Gasteiger partial charge in [-0.1, -0.05) is 21.1 Å². The van der Waals surface area contributed by atoms with Gasteiger partial charge in [-0.3, -0.25) is 4.79 Å². The molecule has 0 aliphatic heterocycles. The summed E-state index contributed by atoms with van der Waals surface area (Å²) in [4.78, 5) is 24.1. The van der Waals surface area contributed by atoms with Crippen molar-refractivity contribution in [1.29, 1.82) is 0 Å². The molecule has 5 aromatic rings. The van der Waals surface area contributed by atoms with Crippen molar-refractivity contribution in [3.05, 3.63) is 69.7 Å². The molecule has 31 heavy (non-hydrogen) atoms. The van der Waals surface area contributed by atoms with Crippen LogP contribution in [0.5, 0.6) is 0 Å². The topological polar surface area (TPSA) is 98.7 Å². The molecule has 1 amide bonds. The van der Waals surface area contributed by atoms with Crippen molar-refractivity contribution >= 4 is 50.0 Å². The van der Waals surface area contributed by atoms with Crippen molar-refractivity contribution in [1.82, 2.24) is 24.9 Å². The summed E-state index contributed by atoms with van der Waals surface area (Å²) in [7, 11) is 0. The van der Waals surface area contributed by atoms with E-state index in [0.29, 0.717) is 39.4 Å². The molecule has 0 saturated carbocycles. The Hall–Kier alpha value is -3.37. The van der Waals surface area contributed by atoms with Gasteiger partial charge in [-0.05, 0) is 50.2 Å². The molecule has 0 aliphatic carbocycles. The molecular formula is C21H15BrN6O2S. The van der Waals surface area contributed by atoms with E-state index in [0.717, 1.165) is 14.2 Å². The third kappa shape index (κ3) is 3.64. The van der Waals surface area contributed by atoms with Gasteiger partial charge in [0.1, 0.15) is 12.7 Å². The van der Waals surface area contributed by atoms with Gasteiger partial charge in [0.15, 0.2) is 0 Å². The minimum atomic E-state index is -0.298. The number of carbonyl (C=O) groups excluding carboxylic acids is 1. The van der Waals surface area contributed by atoms with E-state index in [-0.39, 0.29) is 5.91 Å². The van der Waals surface area contributed by atoms with Crippen LogP contribution in [0, 0.1) is 13.8 Å². The first kappa shape index (κ1) is 19.6. The van der Waals surface area contributed by atoms with Crippen LogP contribution in [0.15, 0.2) is 58.0 Å². The summed E-state index contributed by atoms with van der Waals surface area (Å²) >= 11 is 5.07. The van der Waals surface area contributed by atoms with Gasteiger partial charge in [0.25, 0.3) is 11.6 Å². The maximum Gasteiger partial charge on any atom is 0.259 e. The minimum absolute atomic E-state index is 0.298. The number of carbonyl (C=O) groups is 1. The van der Waals surface area contributed by atoms with Gasteiger partial charge in [0.05, 0.1) is 38.6 Å². The average Bonchev–Trinajstić information content (AvgIpc) is 3.50. The summed E-state index contributed by atoms with van der Waals surface area (Å²) in [5.41, 5.74) is 3.31. The molecule has 0 atom stereocenters. The molecular weight excluding hydrogens is 480 g/mol. The van der Waals surface area contributed by atoms with Gasteiger partial charge in [-0.25, -0.2) is 14.6 Å². The van der Waals surface area contributed by atoms with Crippen LogP contribution in [0.1, 0.15) is 20.9 Å². The molecule has 0 unspecified atom stereocenters. The van der Waals surface area contributed by atoms with Gasteiger partial charge < -0.3 is 9.84 Å². The Morgan fingerprint density at radius 1 is 1.19 bits per heavy atom. The summed E-state index contributed by atoms with van der Waals surface area (Å²) < 4.78 is 7.81. The number of anilines is 1. The second-order valence-electron chi connectivity index (χ2n) is 6.87. The summed E-state index contributed by atoms with van der Waals surface area (Å²) in [6.07, 6.45) is 3.01. The van der Waals surface area contributed by atoms with Crippen LogP contribution in [0.25, 0.3) is 27.4 Å². The van der Waals surface area contributed by atoms with Crippen molar-refractivity contribution in [3.8, 4) is 16.3 Å². The third-order valence-corrected chi connectivity index (χ3v) is 6.24. The molecule has 0 fully saturated rings. The highest BCUT2D eigenvalue weighted by atomic mass is 79.9. The number of benzene rings is 1. The van der Waals surface area contributed by atoms with Gasteiger partial charge >= 0.3 is 0 Å². The Kier molecular flexibility index (Phi) is 4.87. The highest BCUT2D eigenvalue weighted by Gasteiger charge is 2.21. The largest absolute Gasteiger partial charge is 0.335 e. The average molecular weight is 495 g/mol. The van der Waals surface area contributed by atoms with Crippen LogP contribution in [0.4, 0.5) is 5.69 Å². The Morgan fingerprint density at radius 2 is 2.06 bits per heavy atom. The monoisotopic (exact) mass is 494 g/mol. The number of pyridine rings is 1. The zero-order valence-corrected chi connectivity index (χ0v) is 18.9. The zero-order valence-electron chi connectivity index (χ0n) is 16.5. The van der Waals surface area contributed by atoms with Gasteiger partial charge in [0.2, 0.25) is 0 Å². The second-order valence-corrected chi connectivity index (χ2v) is 9.07. The molecule has 4 heterocycles. The van der Waals surface area contributed by atoms with Crippen LogP contribution in [-0.4, -0.2) is 30.8 Å². The molecule has 4 aromatic heterocycles. The minimum Gasteiger partial charge on any atom is -0.335 e. The number of hydrogen-bond donors (Lipinski definition) is 1. The Labute approximate surface area is 189 Å². The number of fused-ring (bicyclic) bond motifs is 1. The molecule has 0 spiro atoms. The number of aryl methyl sites for hydroxylation is 2. The van der Waals surface area contributed by atoms with Crippen LogP contribution >= 0.6 is 27.3 Å². The number of aromatic nitrogens is 5. The van der Waals surface area contributed by atoms with E-state index in [1.165, 1.54) is 6.33 Å². The summed E-state index contributed by atoms with van der Waals surface area (Å²) in [6, 6.07) is 11.3. The Balaban J connectivity index is 1.61. The van der Waals surface area contributed by atoms with E-state index in [9.17, 15) is 4.79 Å². The van der Waals surface area contributed by atoms with Crippen LogP contribution in [-0.2, 0) is 0 Å². The highest BCUT2D eigenvalue weighted by Crippen LogP contribution is 2.32. The SMILES string of the molecule is Cc1ccc(-c2cc(C(=O)Nc3cc(Br)ccc3-n3cncn3)c3c(C)noc3n2)s1. The van der Waals surface area contributed by atoms with Crippen molar-refractivity contribution in [3.63, 3.8) is 0 Å². The fourth-order valence-corrected chi connectivity index (χ4v) is 4.49. The predicted octanol–water partition coefficient (Wildman–Crippen LogP) is 5.16. The maximum absolute atomic E-state index is 13.4. The van der Waals surface area contributed by atoms with Crippen molar-refractivity contribution < 1.29 is 9.32 Å². The molecule has 0 radical (unpaired) electrons. The van der Waals surface area contributed by atoms with Gasteiger partial charge in [-0.15, -0.1) is 11.3 Å². The molecule has 5 rings (SSSR count). The van der Waals surface area contributed by atoms with Crippen molar-refractivity contribution in [2.75, 3.05) is 5.32 Å². The van der Waals surface area contributed by atoms with Gasteiger partial charge in [-0.2, -0.15) is 5.10 Å². The lowest BCUT2D eigenvalue weighted by Gasteiger charge is -2.12. The number of nitrogens with zero attached hydrogens (tertiary/aromatic N) is 5. The number of halogens is 1. The molecule has 1 N–H and O–H groups in total. The van der Waals surface area contributed by atoms with Crippen LogP contribution in [0.2, 0.25) is 0 Å². The number of rotatable bonds is 4. The number of amides is 1. The maximum atomic E-state index is 13.4. The number of nitrogens with one attached hydrogen (secondary N) is 1. The lowest BCUT2D eigenvalue weighted by atomic mass is 10.1. The first-order valence-corrected chi connectivity index (χ1v) is 10.9. The molecule has 0 saturated heterocycles. The lowest BCUT2D eigenvalue weighted by Crippen LogP contribution is -2.15. The van der Waals surface area contributed by atoms with E-state index in [1.54, 1.807) is 35.3 Å². The van der Waals surface area contributed by atoms with Crippen molar-refractivity contribution in [2.45, 2.75) is 13.8 Å². The predicted molar refractivity (Wildman–Crippen MR) is 122 cm³/mol. The Bertz CT molecular complexity index is 1420.